The Kier molecular flexibility index (Phi) is 5.41. The third-order valence-corrected chi connectivity index (χ3v) is 3.12. The Morgan fingerprint density at radius 2 is 2.11 bits per heavy atom. The first-order valence-corrected chi connectivity index (χ1v) is 6.52. The Hall–Kier alpha value is -0.810. The Morgan fingerprint density at radius 1 is 1.44 bits per heavy atom. The lowest BCUT2D eigenvalue weighted by molar-refractivity contribution is -0.0279. The molecule has 0 aliphatic carbocycles. The maximum absolute atomic E-state index is 12.0. The van der Waals surface area contributed by atoms with Crippen LogP contribution in [-0.4, -0.2) is 56.5 Å². The molecule has 1 heterocycles. The van der Waals surface area contributed by atoms with Crippen LogP contribution in [0.2, 0.25) is 0 Å². The van der Waals surface area contributed by atoms with Gasteiger partial charge in [-0.15, -0.1) is 0 Å². The van der Waals surface area contributed by atoms with Crippen molar-refractivity contribution in [1.29, 1.82) is 0 Å². The van der Waals surface area contributed by atoms with Gasteiger partial charge >= 0.3 is 6.09 Å². The third kappa shape index (κ3) is 4.46. The molecule has 1 N–H and O–H groups in total. The van der Waals surface area contributed by atoms with E-state index in [1.165, 1.54) is 0 Å². The van der Waals surface area contributed by atoms with E-state index in [2.05, 4.69) is 5.32 Å². The lowest BCUT2D eigenvalue weighted by Gasteiger charge is -2.38. The van der Waals surface area contributed by atoms with E-state index in [0.717, 1.165) is 19.5 Å². The quantitative estimate of drug-likeness (QED) is 0.833. The molecule has 18 heavy (non-hydrogen) atoms. The molecule has 0 radical (unpaired) electrons. The van der Waals surface area contributed by atoms with Crippen LogP contribution in [0.4, 0.5) is 4.79 Å². The van der Waals surface area contributed by atoms with Crippen LogP contribution in [0.5, 0.6) is 0 Å². The maximum atomic E-state index is 12.0. The average molecular weight is 258 g/mol. The lowest BCUT2D eigenvalue weighted by atomic mass is 9.94. The van der Waals surface area contributed by atoms with Gasteiger partial charge in [-0.1, -0.05) is 0 Å². The number of carbonyl (C=O) groups is 1. The fraction of sp³-hybridized carbons (Fsp3) is 0.923. The van der Waals surface area contributed by atoms with Crippen LogP contribution in [0.25, 0.3) is 0 Å². The van der Waals surface area contributed by atoms with Gasteiger partial charge in [-0.3, -0.25) is 0 Å². The summed E-state index contributed by atoms with van der Waals surface area (Å²) in [7, 11) is 3.64. The summed E-state index contributed by atoms with van der Waals surface area (Å²) in [6.07, 6.45) is 0.782. The van der Waals surface area contributed by atoms with Gasteiger partial charge in [0, 0.05) is 26.1 Å². The van der Waals surface area contributed by atoms with E-state index in [9.17, 15) is 4.79 Å². The zero-order valence-corrected chi connectivity index (χ0v) is 12.2. The SMILES string of the molecule is CNC[C@@H]1CCN(C(=O)OC(C)(C)C)C[C@H]1OC. The van der Waals surface area contributed by atoms with Crippen LogP contribution in [0, 0.1) is 5.92 Å². The predicted molar refractivity (Wildman–Crippen MR) is 70.6 cm³/mol. The van der Waals surface area contributed by atoms with E-state index in [1.54, 1.807) is 12.0 Å². The Balaban J connectivity index is 2.54. The van der Waals surface area contributed by atoms with Gasteiger partial charge in [0.15, 0.2) is 0 Å². The monoisotopic (exact) mass is 258 g/mol. The summed E-state index contributed by atoms with van der Waals surface area (Å²) in [5, 5.41) is 3.17. The molecule has 106 valence electrons. The first-order valence-electron chi connectivity index (χ1n) is 6.52. The molecule has 1 aliphatic rings. The first kappa shape index (κ1) is 15.2. The fourth-order valence-electron chi connectivity index (χ4n) is 2.22. The smallest absolute Gasteiger partial charge is 0.410 e. The molecular weight excluding hydrogens is 232 g/mol. The van der Waals surface area contributed by atoms with E-state index in [1.807, 2.05) is 27.8 Å². The van der Waals surface area contributed by atoms with E-state index in [0.29, 0.717) is 12.5 Å². The van der Waals surface area contributed by atoms with Crippen molar-refractivity contribution >= 4 is 6.09 Å². The highest BCUT2D eigenvalue weighted by molar-refractivity contribution is 5.68. The fourth-order valence-corrected chi connectivity index (χ4v) is 2.22. The van der Waals surface area contributed by atoms with Crippen LogP contribution >= 0.6 is 0 Å². The van der Waals surface area contributed by atoms with Gasteiger partial charge < -0.3 is 19.7 Å². The zero-order chi connectivity index (χ0) is 13.8. The molecule has 1 fully saturated rings. The van der Waals surface area contributed by atoms with Crippen molar-refractivity contribution in [3.05, 3.63) is 0 Å². The second-order valence-electron chi connectivity index (χ2n) is 5.81. The number of nitrogens with zero attached hydrogens (tertiary/aromatic N) is 1. The molecule has 0 aromatic carbocycles. The highest BCUT2D eigenvalue weighted by Crippen LogP contribution is 2.21. The van der Waals surface area contributed by atoms with Crippen molar-refractivity contribution in [2.24, 2.45) is 5.92 Å². The first-order chi connectivity index (χ1) is 8.37. The molecule has 0 saturated carbocycles. The number of amides is 1. The molecule has 1 saturated heterocycles. The van der Waals surface area contributed by atoms with E-state index in [-0.39, 0.29) is 12.2 Å². The van der Waals surface area contributed by atoms with Crippen molar-refractivity contribution < 1.29 is 14.3 Å². The zero-order valence-electron chi connectivity index (χ0n) is 12.2. The average Bonchev–Trinajstić information content (AvgIpc) is 2.27. The Morgan fingerprint density at radius 3 is 2.61 bits per heavy atom. The minimum Gasteiger partial charge on any atom is -0.444 e. The standard InChI is InChI=1S/C13H26N2O3/c1-13(2,3)18-12(16)15-7-6-10(8-14-4)11(9-15)17-5/h10-11,14H,6-9H2,1-5H3/t10-,11+/m0/s1. The number of carbonyl (C=O) groups excluding carboxylic acids is 1. The van der Waals surface area contributed by atoms with Crippen molar-refractivity contribution in [2.45, 2.75) is 38.9 Å². The molecule has 2 atom stereocenters. The summed E-state index contributed by atoms with van der Waals surface area (Å²) in [5.41, 5.74) is -0.443. The van der Waals surface area contributed by atoms with E-state index >= 15 is 0 Å². The van der Waals surface area contributed by atoms with Gasteiger partial charge in [-0.05, 0) is 34.2 Å². The molecule has 5 nitrogen and oxygen atoms in total. The molecule has 1 aliphatic heterocycles. The number of hydrogen-bond donors (Lipinski definition) is 1. The van der Waals surface area contributed by atoms with Crippen LogP contribution < -0.4 is 5.32 Å². The van der Waals surface area contributed by atoms with Crippen LogP contribution in [-0.2, 0) is 9.47 Å². The minimum absolute atomic E-state index is 0.0821. The predicted octanol–water partition coefficient (Wildman–Crippen LogP) is 1.48. The van der Waals surface area contributed by atoms with Crippen molar-refractivity contribution in [3.63, 3.8) is 0 Å². The molecule has 1 rings (SSSR count). The highest BCUT2D eigenvalue weighted by Gasteiger charge is 2.33. The number of ether oxygens (including phenoxy) is 2. The molecular formula is C13H26N2O3. The van der Waals surface area contributed by atoms with Gasteiger partial charge in [0.1, 0.15) is 5.60 Å². The number of nitrogens with one attached hydrogen (secondary N) is 1. The number of likely N-dealkylation sites (tertiary alicyclic amines) is 1. The maximum Gasteiger partial charge on any atom is 0.410 e. The third-order valence-electron chi connectivity index (χ3n) is 3.12. The lowest BCUT2D eigenvalue weighted by Crippen LogP contribution is -2.50. The van der Waals surface area contributed by atoms with Crippen LogP contribution in [0.15, 0.2) is 0 Å². The second-order valence-corrected chi connectivity index (χ2v) is 5.81. The summed E-state index contributed by atoms with van der Waals surface area (Å²) in [6.45, 7) is 7.91. The van der Waals surface area contributed by atoms with Gasteiger partial charge in [-0.25, -0.2) is 4.79 Å². The summed E-state index contributed by atoms with van der Waals surface area (Å²) >= 11 is 0. The van der Waals surface area contributed by atoms with E-state index < -0.39 is 5.60 Å². The summed E-state index contributed by atoms with van der Waals surface area (Å²) in [4.78, 5) is 13.7. The van der Waals surface area contributed by atoms with E-state index in [4.69, 9.17) is 9.47 Å². The number of methoxy groups -OCH3 is 1. The molecule has 0 aromatic heterocycles. The summed E-state index contributed by atoms with van der Waals surface area (Å²) < 4.78 is 10.9. The second kappa shape index (κ2) is 6.38. The molecule has 0 bridgehead atoms. The summed E-state index contributed by atoms with van der Waals surface area (Å²) in [6, 6.07) is 0. The van der Waals surface area contributed by atoms with Gasteiger partial charge in [0.2, 0.25) is 0 Å². The van der Waals surface area contributed by atoms with Crippen molar-refractivity contribution in [3.8, 4) is 0 Å². The van der Waals surface area contributed by atoms with Gasteiger partial charge in [0.05, 0.1) is 12.6 Å². The largest absolute Gasteiger partial charge is 0.444 e. The van der Waals surface area contributed by atoms with Crippen molar-refractivity contribution in [2.75, 3.05) is 33.8 Å². The molecule has 0 spiro atoms. The molecule has 0 unspecified atom stereocenters. The Bertz CT molecular complexity index is 276. The number of rotatable bonds is 3. The number of piperidine rings is 1. The summed E-state index contributed by atoms with van der Waals surface area (Å²) in [5.74, 6) is 0.457. The molecule has 1 amide bonds. The van der Waals surface area contributed by atoms with Gasteiger partial charge in [0.25, 0.3) is 0 Å². The Labute approximate surface area is 110 Å². The van der Waals surface area contributed by atoms with Gasteiger partial charge in [-0.2, -0.15) is 0 Å². The van der Waals surface area contributed by atoms with Crippen LogP contribution in [0.1, 0.15) is 27.2 Å². The topological polar surface area (TPSA) is 50.8 Å². The van der Waals surface area contributed by atoms with Crippen LogP contribution in [0.3, 0.4) is 0 Å². The molecule has 5 heteroatoms. The minimum atomic E-state index is -0.443. The molecule has 0 aromatic rings. The number of hydrogen-bond acceptors (Lipinski definition) is 4. The normalized spacial score (nSPS) is 25.1. The highest BCUT2D eigenvalue weighted by atomic mass is 16.6. The van der Waals surface area contributed by atoms with Crippen molar-refractivity contribution in [1.82, 2.24) is 10.2 Å².